The van der Waals surface area contributed by atoms with Gasteiger partial charge in [0.2, 0.25) is 0 Å². The molecule has 5 nitrogen and oxygen atoms in total. The van der Waals surface area contributed by atoms with Gasteiger partial charge in [0.25, 0.3) is 0 Å². The fourth-order valence-corrected chi connectivity index (χ4v) is 2.93. The molecule has 0 saturated carbocycles. The molecule has 0 aromatic heterocycles. The molecule has 1 aliphatic rings. The number of amides is 2. The second kappa shape index (κ2) is 8.03. The van der Waals surface area contributed by atoms with Crippen LogP contribution in [0.25, 0.3) is 0 Å². The summed E-state index contributed by atoms with van der Waals surface area (Å²) in [7, 11) is 2.11. The van der Waals surface area contributed by atoms with Gasteiger partial charge in [-0.25, -0.2) is 4.79 Å². The number of anilines is 1. The number of piperidine rings is 1. The predicted octanol–water partition coefficient (Wildman–Crippen LogP) is 4.00. The van der Waals surface area contributed by atoms with Gasteiger partial charge in [0, 0.05) is 11.7 Å². The lowest BCUT2D eigenvalue weighted by molar-refractivity contribution is 0.221. The highest BCUT2D eigenvalue weighted by Gasteiger charge is 2.18. The van der Waals surface area contributed by atoms with Gasteiger partial charge in [-0.15, -0.1) is 0 Å². The van der Waals surface area contributed by atoms with E-state index in [4.69, 9.17) is 4.74 Å². The predicted molar refractivity (Wildman–Crippen MR) is 100 cm³/mol. The van der Waals surface area contributed by atoms with Gasteiger partial charge < -0.3 is 20.3 Å². The number of aryl methyl sites for hydroxylation is 1. The second-order valence-electron chi connectivity index (χ2n) is 6.62. The van der Waals surface area contributed by atoms with E-state index in [1.54, 1.807) is 0 Å². The zero-order valence-electron chi connectivity index (χ0n) is 14.8. The van der Waals surface area contributed by atoms with Crippen LogP contribution in [-0.2, 0) is 0 Å². The number of rotatable bonds is 4. The third-order valence-electron chi connectivity index (χ3n) is 4.39. The van der Waals surface area contributed by atoms with E-state index in [0.29, 0.717) is 0 Å². The number of nitrogens with one attached hydrogen (secondary N) is 2. The van der Waals surface area contributed by atoms with Gasteiger partial charge in [0.05, 0.1) is 0 Å². The molecule has 1 fully saturated rings. The molecule has 25 heavy (non-hydrogen) atoms. The highest BCUT2D eigenvalue weighted by Crippen LogP contribution is 2.23. The minimum atomic E-state index is -0.151. The fraction of sp³-hybridized carbons (Fsp3) is 0.350. The van der Waals surface area contributed by atoms with Crippen molar-refractivity contribution in [2.75, 3.05) is 25.5 Å². The van der Waals surface area contributed by atoms with E-state index in [0.717, 1.165) is 48.7 Å². The number of carbonyl (C=O) groups is 1. The summed E-state index contributed by atoms with van der Waals surface area (Å²) in [5, 5.41) is 5.92. The quantitative estimate of drug-likeness (QED) is 0.885. The van der Waals surface area contributed by atoms with Crippen molar-refractivity contribution in [2.45, 2.75) is 25.8 Å². The van der Waals surface area contributed by atoms with Crippen LogP contribution >= 0.6 is 0 Å². The van der Waals surface area contributed by atoms with Crippen molar-refractivity contribution >= 4 is 11.7 Å². The monoisotopic (exact) mass is 339 g/mol. The number of hydrogen-bond acceptors (Lipinski definition) is 3. The lowest BCUT2D eigenvalue weighted by atomic mass is 10.1. The number of urea groups is 1. The van der Waals surface area contributed by atoms with E-state index >= 15 is 0 Å². The molecule has 0 unspecified atom stereocenters. The zero-order chi connectivity index (χ0) is 17.6. The Morgan fingerprint density at radius 1 is 1.08 bits per heavy atom. The van der Waals surface area contributed by atoms with Gasteiger partial charge in [-0.05, 0) is 81.9 Å². The molecule has 0 aliphatic carbocycles. The van der Waals surface area contributed by atoms with E-state index in [-0.39, 0.29) is 12.1 Å². The first kappa shape index (κ1) is 17.3. The molecule has 0 atom stereocenters. The van der Waals surface area contributed by atoms with Crippen LogP contribution in [0.1, 0.15) is 18.4 Å². The van der Waals surface area contributed by atoms with Gasteiger partial charge >= 0.3 is 6.03 Å². The summed E-state index contributed by atoms with van der Waals surface area (Å²) >= 11 is 0. The topological polar surface area (TPSA) is 53.6 Å². The number of ether oxygens (including phenoxy) is 1. The molecule has 2 aromatic carbocycles. The number of likely N-dealkylation sites (tertiary alicyclic amines) is 1. The molecule has 5 heteroatoms. The molecule has 2 aromatic rings. The van der Waals surface area contributed by atoms with Gasteiger partial charge in [0.1, 0.15) is 11.5 Å². The number of carbonyl (C=O) groups excluding carboxylic acids is 1. The van der Waals surface area contributed by atoms with Crippen LogP contribution in [-0.4, -0.2) is 37.1 Å². The number of hydrogen-bond donors (Lipinski definition) is 2. The first-order valence-corrected chi connectivity index (χ1v) is 8.69. The Labute approximate surface area is 149 Å². The molecular weight excluding hydrogens is 314 g/mol. The highest BCUT2D eigenvalue weighted by atomic mass is 16.5. The van der Waals surface area contributed by atoms with Crippen LogP contribution in [0.2, 0.25) is 0 Å². The van der Waals surface area contributed by atoms with Gasteiger partial charge in [-0.1, -0.05) is 12.1 Å². The van der Waals surface area contributed by atoms with Crippen molar-refractivity contribution in [3.63, 3.8) is 0 Å². The zero-order valence-corrected chi connectivity index (χ0v) is 14.8. The van der Waals surface area contributed by atoms with Crippen molar-refractivity contribution in [1.29, 1.82) is 0 Å². The molecule has 0 bridgehead atoms. The molecule has 2 amide bonds. The molecule has 132 valence electrons. The number of benzene rings is 2. The van der Waals surface area contributed by atoms with Crippen molar-refractivity contribution in [2.24, 2.45) is 0 Å². The van der Waals surface area contributed by atoms with E-state index in [9.17, 15) is 4.79 Å². The van der Waals surface area contributed by atoms with E-state index in [2.05, 4.69) is 22.6 Å². The maximum Gasteiger partial charge on any atom is 0.319 e. The third-order valence-corrected chi connectivity index (χ3v) is 4.39. The normalized spacial score (nSPS) is 15.6. The summed E-state index contributed by atoms with van der Waals surface area (Å²) in [4.78, 5) is 14.4. The maximum atomic E-state index is 12.1. The van der Waals surface area contributed by atoms with Crippen LogP contribution < -0.4 is 15.4 Å². The average molecular weight is 339 g/mol. The van der Waals surface area contributed by atoms with Crippen molar-refractivity contribution < 1.29 is 9.53 Å². The van der Waals surface area contributed by atoms with Crippen LogP contribution in [0.15, 0.2) is 48.5 Å². The van der Waals surface area contributed by atoms with Crippen molar-refractivity contribution in [3.8, 4) is 11.5 Å². The molecule has 0 spiro atoms. The van der Waals surface area contributed by atoms with E-state index < -0.39 is 0 Å². The lowest BCUT2D eigenvalue weighted by Crippen LogP contribution is -2.44. The van der Waals surface area contributed by atoms with Crippen LogP contribution in [0.4, 0.5) is 10.5 Å². The summed E-state index contributed by atoms with van der Waals surface area (Å²) in [6, 6.07) is 15.4. The fourth-order valence-electron chi connectivity index (χ4n) is 2.93. The van der Waals surface area contributed by atoms with Crippen LogP contribution in [0, 0.1) is 6.92 Å². The van der Waals surface area contributed by atoms with Crippen LogP contribution in [0.3, 0.4) is 0 Å². The first-order chi connectivity index (χ1) is 12.1. The minimum Gasteiger partial charge on any atom is -0.457 e. The lowest BCUT2D eigenvalue weighted by Gasteiger charge is -2.29. The SMILES string of the molecule is Cc1cccc(Oc2ccc(NC(=O)NC3CCN(C)CC3)cc2)c1. The minimum absolute atomic E-state index is 0.151. The van der Waals surface area contributed by atoms with Gasteiger partial charge in [-0.2, -0.15) is 0 Å². The second-order valence-corrected chi connectivity index (χ2v) is 6.62. The molecular formula is C20H25N3O2. The van der Waals surface area contributed by atoms with Crippen molar-refractivity contribution in [1.82, 2.24) is 10.2 Å². The molecule has 1 aliphatic heterocycles. The van der Waals surface area contributed by atoms with E-state index in [1.807, 2.05) is 55.5 Å². The summed E-state index contributed by atoms with van der Waals surface area (Å²) < 4.78 is 5.82. The third kappa shape index (κ3) is 5.22. The Kier molecular flexibility index (Phi) is 5.56. The van der Waals surface area contributed by atoms with Gasteiger partial charge in [-0.3, -0.25) is 0 Å². The Bertz CT molecular complexity index is 707. The summed E-state index contributed by atoms with van der Waals surface area (Å²) in [5.41, 5.74) is 1.91. The summed E-state index contributed by atoms with van der Waals surface area (Å²) in [6.07, 6.45) is 1.99. The Morgan fingerprint density at radius 3 is 2.48 bits per heavy atom. The Morgan fingerprint density at radius 2 is 1.80 bits per heavy atom. The smallest absolute Gasteiger partial charge is 0.319 e. The Hall–Kier alpha value is -2.53. The highest BCUT2D eigenvalue weighted by molar-refractivity contribution is 5.89. The molecule has 1 saturated heterocycles. The van der Waals surface area contributed by atoms with Crippen LogP contribution in [0.5, 0.6) is 11.5 Å². The summed E-state index contributed by atoms with van der Waals surface area (Å²) in [5.74, 6) is 1.55. The van der Waals surface area contributed by atoms with Crippen molar-refractivity contribution in [3.05, 3.63) is 54.1 Å². The molecule has 0 radical (unpaired) electrons. The van der Waals surface area contributed by atoms with Gasteiger partial charge in [0.15, 0.2) is 0 Å². The van der Waals surface area contributed by atoms with E-state index in [1.165, 1.54) is 0 Å². The maximum absolute atomic E-state index is 12.1. The number of nitrogens with zero attached hydrogens (tertiary/aromatic N) is 1. The Balaban J connectivity index is 1.51. The molecule has 3 rings (SSSR count). The first-order valence-electron chi connectivity index (χ1n) is 8.69. The molecule has 2 N–H and O–H groups in total. The largest absolute Gasteiger partial charge is 0.457 e. The summed E-state index contributed by atoms with van der Waals surface area (Å²) in [6.45, 7) is 4.08. The average Bonchev–Trinajstić information content (AvgIpc) is 2.59. The standard InChI is InChI=1S/C20H25N3O2/c1-15-4-3-5-19(14-15)25-18-8-6-16(7-9-18)21-20(24)22-17-10-12-23(2)13-11-17/h3-9,14,17H,10-13H2,1-2H3,(H2,21,22,24). The molecule has 1 heterocycles.